The number of piperazine rings is 1. The molecule has 1 amide bonds. The summed E-state index contributed by atoms with van der Waals surface area (Å²) in [5, 5.41) is 7.35. The first-order valence-electron chi connectivity index (χ1n) is 14.3. The van der Waals surface area contributed by atoms with Gasteiger partial charge in [0.25, 0.3) is 5.91 Å². The molecule has 9 heteroatoms. The molecule has 0 radical (unpaired) electrons. The number of nitrogens with zero attached hydrogens (tertiary/aromatic N) is 4. The highest BCUT2D eigenvalue weighted by Gasteiger charge is 2.45. The molecular weight excluding hydrogens is 519 g/mol. The molecule has 3 aliphatic rings. The molecule has 5 heterocycles. The van der Waals surface area contributed by atoms with Gasteiger partial charge in [0.15, 0.2) is 0 Å². The van der Waals surface area contributed by atoms with Gasteiger partial charge in [-0.15, -0.1) is 0 Å². The summed E-state index contributed by atoms with van der Waals surface area (Å²) in [4.78, 5) is 28.6. The molecule has 1 spiro atoms. The zero-order chi connectivity index (χ0) is 28.2. The van der Waals surface area contributed by atoms with Crippen LogP contribution in [0.1, 0.15) is 47.3 Å². The van der Waals surface area contributed by atoms with Gasteiger partial charge in [-0.05, 0) is 62.9 Å². The van der Waals surface area contributed by atoms with Crippen molar-refractivity contribution in [3.05, 3.63) is 83.4 Å². The summed E-state index contributed by atoms with van der Waals surface area (Å²) in [7, 11) is 0. The van der Waals surface area contributed by atoms with Crippen LogP contribution in [0.25, 0.3) is 22.3 Å². The van der Waals surface area contributed by atoms with E-state index in [9.17, 15) is 9.18 Å². The van der Waals surface area contributed by atoms with Crippen molar-refractivity contribution in [2.75, 3.05) is 37.7 Å². The molecule has 7 rings (SSSR count). The number of nitrogens with one attached hydrogen (secondary N) is 2. The number of halogens is 1. The molecule has 0 atom stereocenters. The van der Waals surface area contributed by atoms with Crippen LogP contribution in [0.3, 0.4) is 0 Å². The van der Waals surface area contributed by atoms with Crippen LogP contribution in [0.5, 0.6) is 0 Å². The molecule has 3 fully saturated rings. The lowest BCUT2D eigenvalue weighted by Gasteiger charge is -2.35. The van der Waals surface area contributed by atoms with E-state index in [1.165, 1.54) is 25.0 Å². The number of pyridine rings is 3. The maximum atomic E-state index is 14.6. The van der Waals surface area contributed by atoms with Crippen LogP contribution in [0.15, 0.2) is 60.8 Å². The molecule has 1 aromatic carbocycles. The summed E-state index contributed by atoms with van der Waals surface area (Å²) >= 11 is 0. The molecule has 4 aromatic rings. The number of amides is 1. The number of aromatic nitrogens is 3. The van der Waals surface area contributed by atoms with Crippen LogP contribution < -0.4 is 15.5 Å². The van der Waals surface area contributed by atoms with E-state index in [-0.39, 0.29) is 23.8 Å². The highest BCUT2D eigenvalue weighted by atomic mass is 19.1. The van der Waals surface area contributed by atoms with Crippen LogP contribution in [0.2, 0.25) is 0 Å². The fraction of sp³-hybridized carbons (Fsp3) is 0.375. The van der Waals surface area contributed by atoms with Gasteiger partial charge in [-0.1, -0.05) is 17.7 Å². The minimum atomic E-state index is -0.325. The van der Waals surface area contributed by atoms with Gasteiger partial charge in [-0.25, -0.2) is 14.4 Å². The molecule has 8 nitrogen and oxygen atoms in total. The molecular formula is C32H35FN6O2. The van der Waals surface area contributed by atoms with Gasteiger partial charge in [0, 0.05) is 67.7 Å². The second kappa shape index (κ2) is 11.9. The highest BCUT2D eigenvalue weighted by Crippen LogP contribution is 2.38. The number of fused-ring (bicyclic) bond motifs is 1. The third-order valence-corrected chi connectivity index (χ3v) is 7.79. The van der Waals surface area contributed by atoms with E-state index in [1.807, 2.05) is 37.3 Å². The van der Waals surface area contributed by atoms with Gasteiger partial charge in [0.05, 0.1) is 29.1 Å². The van der Waals surface area contributed by atoms with Crippen molar-refractivity contribution in [1.82, 2.24) is 25.6 Å². The van der Waals surface area contributed by atoms with Gasteiger partial charge in [0.1, 0.15) is 11.6 Å². The number of rotatable bonds is 5. The van der Waals surface area contributed by atoms with Gasteiger partial charge in [0.2, 0.25) is 0 Å². The molecule has 2 saturated heterocycles. The number of hydrogen-bond donors (Lipinski definition) is 2. The van der Waals surface area contributed by atoms with Crippen molar-refractivity contribution in [3.8, 4) is 11.4 Å². The van der Waals surface area contributed by atoms with E-state index in [0.717, 1.165) is 56.6 Å². The third-order valence-electron chi connectivity index (χ3n) is 7.79. The van der Waals surface area contributed by atoms with Gasteiger partial charge < -0.3 is 20.3 Å². The minimum absolute atomic E-state index is 0.156. The molecule has 41 heavy (non-hydrogen) atoms. The molecule has 3 aromatic heterocycles. The van der Waals surface area contributed by atoms with E-state index >= 15 is 0 Å². The number of ether oxygens (including phenoxy) is 1. The van der Waals surface area contributed by atoms with Crippen molar-refractivity contribution < 1.29 is 13.9 Å². The molecule has 212 valence electrons. The van der Waals surface area contributed by atoms with Gasteiger partial charge >= 0.3 is 0 Å². The summed E-state index contributed by atoms with van der Waals surface area (Å²) in [6.45, 7) is 6.78. The standard InChI is InChI=1S/C28H27FN6O.C4H8O/c1-18-2-4-19(5-3-18)27(36)31-16-22-14-24-20(15-30-22)6-7-23(33-24)25-12-21(29)13-26(34-25)35-11-10-32-28(17-35)8-9-28;1-2-4-5-3-1/h2-7,12-15,32H,8-11,16-17H2,1H3,(H,31,36);1-4H2. The Morgan fingerprint density at radius 1 is 1.05 bits per heavy atom. The van der Waals surface area contributed by atoms with Crippen LogP contribution >= 0.6 is 0 Å². The number of benzene rings is 1. The number of carbonyl (C=O) groups is 1. The predicted molar refractivity (Wildman–Crippen MR) is 157 cm³/mol. The van der Waals surface area contributed by atoms with Crippen LogP contribution in [-0.2, 0) is 11.3 Å². The summed E-state index contributed by atoms with van der Waals surface area (Å²) in [5.41, 5.74) is 4.38. The SMILES string of the molecule is C1CCOC1.Cc1ccc(C(=O)NCc2cc3nc(-c4cc(F)cc(N5CCNC6(CC6)C5)n4)ccc3cn2)cc1. The fourth-order valence-electron chi connectivity index (χ4n) is 5.20. The molecule has 0 unspecified atom stereocenters. The Labute approximate surface area is 239 Å². The molecule has 1 aliphatic carbocycles. The zero-order valence-electron chi connectivity index (χ0n) is 23.3. The Kier molecular flexibility index (Phi) is 7.89. The highest BCUT2D eigenvalue weighted by molar-refractivity contribution is 5.94. The zero-order valence-corrected chi connectivity index (χ0v) is 23.3. The maximum absolute atomic E-state index is 14.6. The average molecular weight is 555 g/mol. The van der Waals surface area contributed by atoms with Crippen molar-refractivity contribution in [3.63, 3.8) is 0 Å². The fourth-order valence-corrected chi connectivity index (χ4v) is 5.20. The van der Waals surface area contributed by atoms with Crippen molar-refractivity contribution in [2.24, 2.45) is 0 Å². The van der Waals surface area contributed by atoms with E-state index in [2.05, 4.69) is 20.5 Å². The molecule has 2 aliphatic heterocycles. The summed E-state index contributed by atoms with van der Waals surface area (Å²) in [6, 6.07) is 16.0. The Bertz CT molecular complexity index is 1530. The lowest BCUT2D eigenvalue weighted by molar-refractivity contribution is 0.0950. The number of aryl methyl sites for hydroxylation is 1. The van der Waals surface area contributed by atoms with Crippen LogP contribution in [-0.4, -0.2) is 59.2 Å². The predicted octanol–water partition coefficient (Wildman–Crippen LogP) is 4.81. The van der Waals surface area contributed by atoms with Crippen molar-refractivity contribution >= 4 is 22.6 Å². The third kappa shape index (κ3) is 6.69. The lowest BCUT2D eigenvalue weighted by atomic mass is 10.1. The summed E-state index contributed by atoms with van der Waals surface area (Å²) in [5.74, 6) is 0.166. The Morgan fingerprint density at radius 2 is 1.85 bits per heavy atom. The Balaban J connectivity index is 0.000000548. The van der Waals surface area contributed by atoms with E-state index in [0.29, 0.717) is 34.0 Å². The van der Waals surface area contributed by atoms with E-state index in [1.54, 1.807) is 18.3 Å². The Morgan fingerprint density at radius 3 is 2.59 bits per heavy atom. The monoisotopic (exact) mass is 554 g/mol. The number of hydrogen-bond acceptors (Lipinski definition) is 7. The van der Waals surface area contributed by atoms with E-state index in [4.69, 9.17) is 14.7 Å². The second-order valence-electron chi connectivity index (χ2n) is 11.1. The number of anilines is 1. The lowest BCUT2D eigenvalue weighted by Crippen LogP contribution is -2.52. The largest absolute Gasteiger partial charge is 0.381 e. The van der Waals surface area contributed by atoms with Crippen LogP contribution in [0, 0.1) is 12.7 Å². The first-order chi connectivity index (χ1) is 20.0. The Hall–Kier alpha value is -3.95. The van der Waals surface area contributed by atoms with E-state index < -0.39 is 0 Å². The number of carbonyl (C=O) groups excluding carboxylic acids is 1. The maximum Gasteiger partial charge on any atom is 0.251 e. The summed E-state index contributed by atoms with van der Waals surface area (Å²) < 4.78 is 19.6. The quantitative estimate of drug-likeness (QED) is 0.366. The summed E-state index contributed by atoms with van der Waals surface area (Å²) in [6.07, 6.45) is 6.60. The molecule has 1 saturated carbocycles. The smallest absolute Gasteiger partial charge is 0.251 e. The van der Waals surface area contributed by atoms with Gasteiger partial charge in [-0.2, -0.15) is 0 Å². The first-order valence-corrected chi connectivity index (χ1v) is 14.3. The minimum Gasteiger partial charge on any atom is -0.381 e. The first kappa shape index (κ1) is 27.2. The topological polar surface area (TPSA) is 92.3 Å². The average Bonchev–Trinajstić information content (AvgIpc) is 3.44. The van der Waals surface area contributed by atoms with Crippen molar-refractivity contribution in [1.29, 1.82) is 0 Å². The van der Waals surface area contributed by atoms with Crippen molar-refractivity contribution in [2.45, 2.75) is 44.7 Å². The van der Waals surface area contributed by atoms with Crippen LogP contribution in [0.4, 0.5) is 10.2 Å². The molecule has 0 bridgehead atoms. The molecule has 2 N–H and O–H groups in total. The second-order valence-corrected chi connectivity index (χ2v) is 11.1. The van der Waals surface area contributed by atoms with Gasteiger partial charge in [-0.3, -0.25) is 9.78 Å². The normalized spacial score (nSPS) is 17.3.